The third-order valence-corrected chi connectivity index (χ3v) is 3.37. The average Bonchev–Trinajstić information content (AvgIpc) is 2.70. The molecule has 4 heteroatoms. The molecule has 0 bridgehead atoms. The van der Waals surface area contributed by atoms with Crippen molar-refractivity contribution >= 4 is 12.0 Å². The molecule has 1 aromatic carbocycles. The Hall–Kier alpha value is -2.80. The van der Waals surface area contributed by atoms with E-state index in [1.165, 1.54) is 6.08 Å². The van der Waals surface area contributed by atoms with Gasteiger partial charge in [0.1, 0.15) is 6.07 Å². The van der Waals surface area contributed by atoms with Gasteiger partial charge in [-0.15, -0.1) is 0 Å². The van der Waals surface area contributed by atoms with Crippen LogP contribution in [0.1, 0.15) is 22.5 Å². The number of carbonyl (C=O) groups excluding carboxylic acids is 1. The molecule has 0 aliphatic rings. The molecule has 0 fully saturated rings. The SMILES string of the molecule is Cc1cccc(-n2c(C)cc(/C=C(\C#N)C(=O)[O-])c2C)c1. The Morgan fingerprint density at radius 1 is 1.29 bits per heavy atom. The van der Waals surface area contributed by atoms with E-state index in [4.69, 9.17) is 5.26 Å². The number of carboxylic acids is 1. The van der Waals surface area contributed by atoms with Gasteiger partial charge in [0.25, 0.3) is 0 Å². The molecule has 0 N–H and O–H groups in total. The normalized spacial score (nSPS) is 11.2. The second kappa shape index (κ2) is 5.68. The van der Waals surface area contributed by atoms with Gasteiger partial charge in [-0.05, 0) is 56.2 Å². The maximum atomic E-state index is 10.8. The standard InChI is InChI=1S/C17H16N2O2/c1-11-5-4-6-16(7-11)19-12(2)8-14(13(19)3)9-15(10-18)17(20)21/h4-9H,1-3H3,(H,20,21)/p-1/b15-9+. The lowest BCUT2D eigenvalue weighted by atomic mass is 10.1. The smallest absolute Gasteiger partial charge is 0.101 e. The lowest BCUT2D eigenvalue weighted by Crippen LogP contribution is -2.23. The van der Waals surface area contributed by atoms with E-state index in [0.29, 0.717) is 5.56 Å². The number of nitriles is 1. The molecule has 4 nitrogen and oxygen atoms in total. The predicted molar refractivity (Wildman–Crippen MR) is 78.6 cm³/mol. The minimum Gasteiger partial charge on any atom is -0.544 e. The van der Waals surface area contributed by atoms with Crippen molar-refractivity contribution in [3.63, 3.8) is 0 Å². The van der Waals surface area contributed by atoms with Crippen molar-refractivity contribution < 1.29 is 9.90 Å². The summed E-state index contributed by atoms with van der Waals surface area (Å²) < 4.78 is 2.03. The summed E-state index contributed by atoms with van der Waals surface area (Å²) >= 11 is 0. The fraction of sp³-hybridized carbons (Fsp3) is 0.176. The summed E-state index contributed by atoms with van der Waals surface area (Å²) in [5.74, 6) is -1.46. The molecule has 0 radical (unpaired) electrons. The van der Waals surface area contributed by atoms with E-state index in [9.17, 15) is 9.90 Å². The topological polar surface area (TPSA) is 68.8 Å². The van der Waals surface area contributed by atoms with E-state index in [0.717, 1.165) is 22.6 Å². The third-order valence-electron chi connectivity index (χ3n) is 3.37. The quantitative estimate of drug-likeness (QED) is 0.638. The van der Waals surface area contributed by atoms with Gasteiger partial charge in [0, 0.05) is 17.1 Å². The van der Waals surface area contributed by atoms with Crippen LogP contribution in [0.4, 0.5) is 0 Å². The van der Waals surface area contributed by atoms with Gasteiger partial charge in [0.2, 0.25) is 0 Å². The van der Waals surface area contributed by atoms with E-state index in [1.807, 2.05) is 49.6 Å². The van der Waals surface area contributed by atoms with E-state index in [-0.39, 0.29) is 5.57 Å². The highest BCUT2D eigenvalue weighted by Crippen LogP contribution is 2.23. The first kappa shape index (κ1) is 14.6. The highest BCUT2D eigenvalue weighted by atomic mass is 16.4. The first-order valence-electron chi connectivity index (χ1n) is 6.53. The van der Waals surface area contributed by atoms with Crippen molar-refractivity contribution in [3.05, 3.63) is 58.4 Å². The molecule has 0 saturated carbocycles. The first-order chi connectivity index (χ1) is 9.93. The molecule has 2 aromatic rings. The van der Waals surface area contributed by atoms with E-state index in [2.05, 4.69) is 6.07 Å². The summed E-state index contributed by atoms with van der Waals surface area (Å²) in [5, 5.41) is 19.7. The fourth-order valence-electron chi connectivity index (χ4n) is 2.39. The van der Waals surface area contributed by atoms with Crippen LogP contribution in [0.2, 0.25) is 0 Å². The molecular formula is C17H15N2O2-. The molecule has 21 heavy (non-hydrogen) atoms. The molecule has 0 spiro atoms. The van der Waals surface area contributed by atoms with Crippen LogP contribution in [-0.4, -0.2) is 10.5 Å². The number of aliphatic carboxylic acids is 1. The summed E-state index contributed by atoms with van der Waals surface area (Å²) in [6, 6.07) is 11.5. The van der Waals surface area contributed by atoms with Crippen molar-refractivity contribution in [3.8, 4) is 11.8 Å². The van der Waals surface area contributed by atoms with Gasteiger partial charge < -0.3 is 14.5 Å². The molecule has 1 aromatic heterocycles. The van der Waals surface area contributed by atoms with Gasteiger partial charge in [-0.1, -0.05) is 12.1 Å². The number of aryl methyl sites for hydroxylation is 2. The molecule has 0 unspecified atom stereocenters. The van der Waals surface area contributed by atoms with Crippen LogP contribution in [0.25, 0.3) is 11.8 Å². The van der Waals surface area contributed by atoms with Crippen molar-refractivity contribution in [1.82, 2.24) is 4.57 Å². The summed E-state index contributed by atoms with van der Waals surface area (Å²) in [5.41, 5.74) is 4.34. The van der Waals surface area contributed by atoms with Crippen molar-refractivity contribution in [2.45, 2.75) is 20.8 Å². The summed E-state index contributed by atoms with van der Waals surface area (Å²) in [4.78, 5) is 10.8. The number of carbonyl (C=O) groups is 1. The Morgan fingerprint density at radius 2 is 2.00 bits per heavy atom. The maximum Gasteiger partial charge on any atom is 0.101 e. The van der Waals surface area contributed by atoms with Crippen molar-refractivity contribution in [2.75, 3.05) is 0 Å². The Morgan fingerprint density at radius 3 is 2.57 bits per heavy atom. The van der Waals surface area contributed by atoms with Gasteiger partial charge in [-0.2, -0.15) is 5.26 Å². The molecule has 0 amide bonds. The Bertz CT molecular complexity index is 777. The number of rotatable bonds is 3. The van der Waals surface area contributed by atoms with Crippen LogP contribution in [-0.2, 0) is 4.79 Å². The summed E-state index contributed by atoms with van der Waals surface area (Å²) in [6.45, 7) is 5.85. The lowest BCUT2D eigenvalue weighted by molar-refractivity contribution is -0.298. The number of aromatic nitrogens is 1. The van der Waals surface area contributed by atoms with Crippen molar-refractivity contribution in [1.29, 1.82) is 5.26 Å². The fourth-order valence-corrected chi connectivity index (χ4v) is 2.39. The van der Waals surface area contributed by atoms with Crippen LogP contribution >= 0.6 is 0 Å². The monoisotopic (exact) mass is 279 g/mol. The second-order valence-corrected chi connectivity index (χ2v) is 4.96. The third kappa shape index (κ3) is 2.87. The van der Waals surface area contributed by atoms with E-state index < -0.39 is 5.97 Å². The van der Waals surface area contributed by atoms with Crippen LogP contribution in [0.3, 0.4) is 0 Å². The molecule has 0 aliphatic heterocycles. The molecule has 0 aliphatic carbocycles. The highest BCUT2D eigenvalue weighted by molar-refractivity contribution is 5.95. The Labute approximate surface area is 123 Å². The van der Waals surface area contributed by atoms with Crippen LogP contribution in [0, 0.1) is 32.1 Å². The molecule has 106 valence electrons. The van der Waals surface area contributed by atoms with Gasteiger partial charge in [-0.25, -0.2) is 0 Å². The minimum atomic E-state index is -1.46. The molecular weight excluding hydrogens is 264 g/mol. The minimum absolute atomic E-state index is 0.375. The van der Waals surface area contributed by atoms with E-state index >= 15 is 0 Å². The Kier molecular flexibility index (Phi) is 3.95. The lowest BCUT2D eigenvalue weighted by Gasteiger charge is -2.10. The maximum absolute atomic E-state index is 10.8. The molecule has 2 rings (SSSR count). The van der Waals surface area contributed by atoms with E-state index in [1.54, 1.807) is 6.07 Å². The summed E-state index contributed by atoms with van der Waals surface area (Å²) in [6.07, 6.45) is 1.35. The Balaban J connectivity index is 2.58. The van der Waals surface area contributed by atoms with Gasteiger partial charge in [0.15, 0.2) is 0 Å². The number of carboxylic acid groups (broad SMARTS) is 1. The van der Waals surface area contributed by atoms with Gasteiger partial charge in [-0.3, -0.25) is 0 Å². The molecule has 0 atom stereocenters. The number of benzene rings is 1. The number of hydrogen-bond acceptors (Lipinski definition) is 3. The zero-order valence-corrected chi connectivity index (χ0v) is 12.2. The zero-order chi connectivity index (χ0) is 15.6. The van der Waals surface area contributed by atoms with Crippen molar-refractivity contribution in [2.24, 2.45) is 0 Å². The van der Waals surface area contributed by atoms with Crippen LogP contribution in [0.5, 0.6) is 0 Å². The predicted octanol–water partition coefficient (Wildman–Crippen LogP) is 2.06. The zero-order valence-electron chi connectivity index (χ0n) is 12.2. The average molecular weight is 279 g/mol. The number of hydrogen-bond donors (Lipinski definition) is 0. The van der Waals surface area contributed by atoms with Crippen LogP contribution in [0.15, 0.2) is 35.9 Å². The first-order valence-corrected chi connectivity index (χ1v) is 6.53. The highest BCUT2D eigenvalue weighted by Gasteiger charge is 2.10. The van der Waals surface area contributed by atoms with Gasteiger partial charge >= 0.3 is 0 Å². The number of nitrogens with zero attached hydrogens (tertiary/aromatic N) is 2. The summed E-state index contributed by atoms with van der Waals surface area (Å²) in [7, 11) is 0. The van der Waals surface area contributed by atoms with Gasteiger partial charge in [0.05, 0.1) is 11.5 Å². The molecule has 1 heterocycles. The second-order valence-electron chi connectivity index (χ2n) is 4.96. The van der Waals surface area contributed by atoms with Crippen LogP contribution < -0.4 is 5.11 Å². The largest absolute Gasteiger partial charge is 0.544 e. The molecule has 0 saturated heterocycles.